The lowest BCUT2D eigenvalue weighted by Crippen LogP contribution is -2.48. The van der Waals surface area contributed by atoms with Gasteiger partial charge in [-0.3, -0.25) is 9.62 Å². The fourth-order valence-electron chi connectivity index (χ4n) is 4.41. The van der Waals surface area contributed by atoms with Crippen LogP contribution in [0.3, 0.4) is 0 Å². The van der Waals surface area contributed by atoms with E-state index in [0.717, 1.165) is 69.1 Å². The lowest BCUT2D eigenvalue weighted by Gasteiger charge is -2.36. The SMILES string of the molecule is CC(C)C(C#N)(CCCN1CCN(CCNSc2ccc(F)cc2)CC1)c1ccccc1. The molecule has 1 aliphatic heterocycles. The quantitative estimate of drug-likeness (QED) is 0.385. The van der Waals surface area contributed by atoms with E-state index in [1.54, 1.807) is 24.1 Å². The molecule has 0 spiro atoms. The van der Waals surface area contributed by atoms with Gasteiger partial charge in [-0.2, -0.15) is 5.26 Å². The van der Waals surface area contributed by atoms with Gasteiger partial charge in [-0.25, -0.2) is 4.39 Å². The van der Waals surface area contributed by atoms with Crippen molar-refractivity contribution in [2.75, 3.05) is 45.8 Å². The lowest BCUT2D eigenvalue weighted by atomic mass is 9.70. The summed E-state index contributed by atoms with van der Waals surface area (Å²) in [6.07, 6.45) is 1.94. The summed E-state index contributed by atoms with van der Waals surface area (Å²) in [6.45, 7) is 11.6. The van der Waals surface area contributed by atoms with Crippen LogP contribution < -0.4 is 4.72 Å². The monoisotopic (exact) mass is 454 g/mol. The maximum absolute atomic E-state index is 13.0. The zero-order chi connectivity index (χ0) is 22.8. The smallest absolute Gasteiger partial charge is 0.123 e. The maximum atomic E-state index is 13.0. The number of nitrogens with zero attached hydrogens (tertiary/aromatic N) is 3. The fraction of sp³-hybridized carbons (Fsp3) is 0.500. The molecule has 1 saturated heterocycles. The molecule has 1 unspecified atom stereocenters. The Morgan fingerprint density at radius 2 is 1.62 bits per heavy atom. The number of hydrogen-bond acceptors (Lipinski definition) is 5. The highest BCUT2D eigenvalue weighted by atomic mass is 32.2. The molecule has 0 bridgehead atoms. The van der Waals surface area contributed by atoms with E-state index in [2.05, 4.69) is 46.6 Å². The van der Waals surface area contributed by atoms with Crippen LogP contribution in [0.4, 0.5) is 4.39 Å². The van der Waals surface area contributed by atoms with Crippen molar-refractivity contribution in [1.82, 2.24) is 14.5 Å². The van der Waals surface area contributed by atoms with Gasteiger partial charge < -0.3 is 4.90 Å². The first kappa shape index (κ1) is 24.7. The van der Waals surface area contributed by atoms with E-state index in [-0.39, 0.29) is 11.7 Å². The van der Waals surface area contributed by atoms with Gasteiger partial charge in [-0.15, -0.1) is 0 Å². The van der Waals surface area contributed by atoms with Gasteiger partial charge in [0.15, 0.2) is 0 Å². The number of nitrogens with one attached hydrogen (secondary N) is 1. The molecule has 3 rings (SSSR count). The van der Waals surface area contributed by atoms with Crippen LogP contribution in [0.1, 0.15) is 32.3 Å². The van der Waals surface area contributed by atoms with Crippen LogP contribution in [0.25, 0.3) is 0 Å². The van der Waals surface area contributed by atoms with Crippen molar-refractivity contribution in [3.63, 3.8) is 0 Å². The van der Waals surface area contributed by atoms with Crippen molar-refractivity contribution in [3.05, 3.63) is 66.0 Å². The van der Waals surface area contributed by atoms with E-state index in [1.165, 1.54) is 12.1 Å². The van der Waals surface area contributed by atoms with Crippen LogP contribution in [-0.4, -0.2) is 55.6 Å². The molecule has 0 radical (unpaired) electrons. The summed E-state index contributed by atoms with van der Waals surface area (Å²) in [4.78, 5) is 6.05. The number of rotatable bonds is 11. The molecule has 172 valence electrons. The Bertz CT molecular complexity index is 844. The number of benzene rings is 2. The third-order valence-electron chi connectivity index (χ3n) is 6.52. The van der Waals surface area contributed by atoms with Crippen molar-refractivity contribution < 1.29 is 4.39 Å². The van der Waals surface area contributed by atoms with Crippen molar-refractivity contribution in [2.24, 2.45) is 5.92 Å². The van der Waals surface area contributed by atoms with Crippen molar-refractivity contribution in [2.45, 2.75) is 37.0 Å². The summed E-state index contributed by atoms with van der Waals surface area (Å²) in [7, 11) is 0. The van der Waals surface area contributed by atoms with Gasteiger partial charge in [0.05, 0.1) is 11.5 Å². The minimum Gasteiger partial charge on any atom is -0.301 e. The summed E-state index contributed by atoms with van der Waals surface area (Å²) >= 11 is 1.55. The predicted molar refractivity (Wildman–Crippen MR) is 131 cm³/mol. The molecular weight excluding hydrogens is 419 g/mol. The van der Waals surface area contributed by atoms with Crippen molar-refractivity contribution in [3.8, 4) is 6.07 Å². The summed E-state index contributed by atoms with van der Waals surface area (Å²) in [5.41, 5.74) is 0.741. The average molecular weight is 455 g/mol. The molecule has 0 aromatic heterocycles. The van der Waals surface area contributed by atoms with E-state index in [9.17, 15) is 9.65 Å². The Hall–Kier alpha value is -1.91. The van der Waals surface area contributed by atoms with Crippen LogP contribution in [0.5, 0.6) is 0 Å². The van der Waals surface area contributed by atoms with Crippen LogP contribution in [0.2, 0.25) is 0 Å². The van der Waals surface area contributed by atoms with Crippen LogP contribution in [-0.2, 0) is 5.41 Å². The minimum atomic E-state index is -0.406. The van der Waals surface area contributed by atoms with E-state index < -0.39 is 5.41 Å². The van der Waals surface area contributed by atoms with Gasteiger partial charge in [-0.1, -0.05) is 44.2 Å². The molecule has 2 aromatic carbocycles. The molecule has 6 heteroatoms. The lowest BCUT2D eigenvalue weighted by molar-refractivity contribution is 0.130. The first-order valence-corrected chi connectivity index (χ1v) is 12.4. The van der Waals surface area contributed by atoms with Crippen LogP contribution in [0, 0.1) is 23.1 Å². The Morgan fingerprint density at radius 3 is 2.22 bits per heavy atom. The van der Waals surface area contributed by atoms with Gasteiger partial charge in [-0.05, 0) is 67.1 Å². The average Bonchev–Trinajstić information content (AvgIpc) is 2.82. The zero-order valence-corrected chi connectivity index (χ0v) is 20.1. The van der Waals surface area contributed by atoms with Gasteiger partial charge in [0.2, 0.25) is 0 Å². The number of nitriles is 1. The normalized spacial score (nSPS) is 17.2. The highest BCUT2D eigenvalue weighted by Crippen LogP contribution is 2.36. The first-order valence-electron chi connectivity index (χ1n) is 11.6. The summed E-state index contributed by atoms with van der Waals surface area (Å²) in [5, 5.41) is 10.1. The molecule has 1 N–H and O–H groups in total. The van der Waals surface area contributed by atoms with E-state index in [4.69, 9.17) is 0 Å². The molecule has 2 aromatic rings. The van der Waals surface area contributed by atoms with Gasteiger partial charge in [0.1, 0.15) is 5.82 Å². The number of hydrogen-bond donors (Lipinski definition) is 1. The minimum absolute atomic E-state index is 0.199. The summed E-state index contributed by atoms with van der Waals surface area (Å²) in [6, 6.07) is 19.5. The van der Waals surface area contributed by atoms with E-state index in [1.807, 2.05) is 18.2 Å². The van der Waals surface area contributed by atoms with Crippen molar-refractivity contribution >= 4 is 11.9 Å². The highest BCUT2D eigenvalue weighted by molar-refractivity contribution is 7.97. The third kappa shape index (κ3) is 6.79. The second-order valence-corrected chi connectivity index (χ2v) is 9.81. The largest absolute Gasteiger partial charge is 0.301 e. The zero-order valence-electron chi connectivity index (χ0n) is 19.3. The summed E-state index contributed by atoms with van der Waals surface area (Å²) in [5.74, 6) is 0.0850. The topological polar surface area (TPSA) is 42.3 Å². The molecule has 1 aliphatic rings. The molecule has 32 heavy (non-hydrogen) atoms. The molecule has 0 saturated carbocycles. The molecule has 1 fully saturated rings. The van der Waals surface area contributed by atoms with Crippen molar-refractivity contribution in [1.29, 1.82) is 5.26 Å². The summed E-state index contributed by atoms with van der Waals surface area (Å²) < 4.78 is 16.3. The standard InChI is InChI=1S/C26H35FN4S/c1-22(2)26(21-28,23-7-4-3-5-8-23)13-6-15-30-17-19-31(20-18-30)16-14-29-32-25-11-9-24(27)10-12-25/h3-5,7-12,22,29H,6,13-20H2,1-2H3. The Morgan fingerprint density at radius 1 is 1.00 bits per heavy atom. The Kier molecular flexibility index (Phi) is 9.55. The predicted octanol–water partition coefficient (Wildman–Crippen LogP) is 4.94. The second kappa shape index (κ2) is 12.4. The van der Waals surface area contributed by atoms with Gasteiger partial charge >= 0.3 is 0 Å². The maximum Gasteiger partial charge on any atom is 0.123 e. The van der Waals surface area contributed by atoms with Gasteiger partial charge in [0, 0.05) is 44.2 Å². The first-order chi connectivity index (χ1) is 15.5. The second-order valence-electron chi connectivity index (χ2n) is 8.84. The van der Waals surface area contributed by atoms with E-state index >= 15 is 0 Å². The van der Waals surface area contributed by atoms with Crippen LogP contribution in [0.15, 0.2) is 59.5 Å². The van der Waals surface area contributed by atoms with Crippen LogP contribution >= 0.6 is 11.9 Å². The van der Waals surface area contributed by atoms with E-state index in [0.29, 0.717) is 0 Å². The molecule has 0 amide bonds. The van der Waals surface area contributed by atoms with Gasteiger partial charge in [0.25, 0.3) is 0 Å². The molecule has 1 atom stereocenters. The fourth-order valence-corrected chi connectivity index (χ4v) is 5.04. The third-order valence-corrected chi connectivity index (χ3v) is 7.37. The molecule has 1 heterocycles. The number of piperazine rings is 1. The molecular formula is C26H35FN4S. The Balaban J connectivity index is 1.35. The molecule has 0 aliphatic carbocycles. The Labute approximate surface area is 196 Å². The molecule has 4 nitrogen and oxygen atoms in total. The highest BCUT2D eigenvalue weighted by Gasteiger charge is 2.35. The number of halogens is 1.